The zero-order valence-corrected chi connectivity index (χ0v) is 10.5. The molecule has 17 heavy (non-hydrogen) atoms. The first kappa shape index (κ1) is 13.9. The van der Waals surface area contributed by atoms with Crippen molar-refractivity contribution >= 4 is 23.2 Å². The molecule has 0 aliphatic rings. The molecule has 0 heterocycles. The van der Waals surface area contributed by atoms with Crippen molar-refractivity contribution in [2.24, 2.45) is 0 Å². The summed E-state index contributed by atoms with van der Waals surface area (Å²) in [6, 6.07) is 6.61. The highest BCUT2D eigenvalue weighted by molar-refractivity contribution is 6.31. The lowest BCUT2D eigenvalue weighted by molar-refractivity contribution is -0.119. The molecule has 92 valence electrons. The van der Waals surface area contributed by atoms with Gasteiger partial charge >= 0.3 is 0 Å². The van der Waals surface area contributed by atoms with E-state index in [2.05, 4.69) is 0 Å². The second-order valence-electron chi connectivity index (χ2n) is 3.60. The zero-order chi connectivity index (χ0) is 12.7. The lowest BCUT2D eigenvalue weighted by atomic mass is 10.1. The standard InChI is InChI=1S/C13H15ClO3/c1-2-17-7-6-12(15)9-13(16)10-4-3-5-11(14)8-10/h3-5,8H,2,6-7,9H2,1H3. The van der Waals surface area contributed by atoms with E-state index in [1.165, 1.54) is 0 Å². The third-order valence-electron chi connectivity index (χ3n) is 2.23. The Morgan fingerprint density at radius 1 is 1.35 bits per heavy atom. The number of hydrogen-bond acceptors (Lipinski definition) is 3. The first-order valence-corrected chi connectivity index (χ1v) is 5.89. The summed E-state index contributed by atoms with van der Waals surface area (Å²) in [6.45, 7) is 2.81. The zero-order valence-electron chi connectivity index (χ0n) is 9.74. The molecule has 0 amide bonds. The number of carbonyl (C=O) groups excluding carboxylic acids is 2. The molecule has 0 fully saturated rings. The largest absolute Gasteiger partial charge is 0.381 e. The number of carbonyl (C=O) groups is 2. The van der Waals surface area contributed by atoms with Crippen LogP contribution in [0.3, 0.4) is 0 Å². The van der Waals surface area contributed by atoms with Crippen molar-refractivity contribution in [3.63, 3.8) is 0 Å². The van der Waals surface area contributed by atoms with Gasteiger partial charge in [-0.25, -0.2) is 0 Å². The third kappa shape index (κ3) is 5.11. The molecule has 0 bridgehead atoms. The number of Topliss-reactive ketones (excluding diaryl/α,β-unsaturated/α-hetero) is 2. The molecule has 0 aromatic heterocycles. The minimum Gasteiger partial charge on any atom is -0.381 e. The molecule has 1 rings (SSSR count). The normalized spacial score (nSPS) is 10.2. The maximum absolute atomic E-state index is 11.7. The minimum absolute atomic E-state index is 0.0899. The highest BCUT2D eigenvalue weighted by Gasteiger charge is 2.11. The van der Waals surface area contributed by atoms with E-state index >= 15 is 0 Å². The Kier molecular flexibility index (Phi) is 5.87. The number of ether oxygens (including phenoxy) is 1. The third-order valence-corrected chi connectivity index (χ3v) is 2.47. The van der Waals surface area contributed by atoms with E-state index in [0.717, 1.165) is 0 Å². The highest BCUT2D eigenvalue weighted by Crippen LogP contribution is 2.12. The summed E-state index contributed by atoms with van der Waals surface area (Å²) in [4.78, 5) is 23.2. The number of benzene rings is 1. The summed E-state index contributed by atoms with van der Waals surface area (Å²) in [5.41, 5.74) is 0.474. The predicted octanol–water partition coefficient (Wildman–Crippen LogP) is 2.91. The maximum Gasteiger partial charge on any atom is 0.170 e. The molecule has 0 N–H and O–H groups in total. The van der Waals surface area contributed by atoms with Crippen molar-refractivity contribution in [2.45, 2.75) is 19.8 Å². The Morgan fingerprint density at radius 2 is 2.12 bits per heavy atom. The van der Waals surface area contributed by atoms with Crippen molar-refractivity contribution in [2.75, 3.05) is 13.2 Å². The second kappa shape index (κ2) is 7.20. The Bertz CT molecular complexity index is 401. The van der Waals surface area contributed by atoms with Crippen LogP contribution in [0, 0.1) is 0 Å². The second-order valence-corrected chi connectivity index (χ2v) is 4.03. The van der Waals surface area contributed by atoms with Crippen LogP contribution in [0.25, 0.3) is 0 Å². The molecule has 0 saturated carbocycles. The summed E-state index contributed by atoms with van der Waals surface area (Å²) in [7, 11) is 0. The van der Waals surface area contributed by atoms with E-state index in [1.54, 1.807) is 24.3 Å². The van der Waals surface area contributed by atoms with Crippen LogP contribution in [0.1, 0.15) is 30.1 Å². The lowest BCUT2D eigenvalue weighted by Crippen LogP contribution is -2.10. The highest BCUT2D eigenvalue weighted by atomic mass is 35.5. The van der Waals surface area contributed by atoms with Crippen molar-refractivity contribution in [1.82, 2.24) is 0 Å². The summed E-state index contributed by atoms with van der Waals surface area (Å²) in [6.07, 6.45) is 0.188. The van der Waals surface area contributed by atoms with Gasteiger partial charge in [0.2, 0.25) is 0 Å². The van der Waals surface area contributed by atoms with Crippen LogP contribution in [0.5, 0.6) is 0 Å². The molecule has 0 saturated heterocycles. The molecule has 0 aliphatic carbocycles. The molecule has 0 aliphatic heterocycles. The molecule has 0 unspecified atom stereocenters. The molecule has 0 spiro atoms. The van der Waals surface area contributed by atoms with Gasteiger partial charge in [0.1, 0.15) is 5.78 Å². The van der Waals surface area contributed by atoms with Crippen LogP contribution in [-0.2, 0) is 9.53 Å². The van der Waals surface area contributed by atoms with Crippen molar-refractivity contribution in [3.05, 3.63) is 34.9 Å². The Labute approximate surface area is 106 Å². The van der Waals surface area contributed by atoms with Crippen LogP contribution in [0.2, 0.25) is 5.02 Å². The van der Waals surface area contributed by atoms with E-state index in [0.29, 0.717) is 23.8 Å². The van der Waals surface area contributed by atoms with Gasteiger partial charge in [-0.3, -0.25) is 9.59 Å². The fourth-order valence-electron chi connectivity index (χ4n) is 1.36. The van der Waals surface area contributed by atoms with Crippen molar-refractivity contribution < 1.29 is 14.3 Å². The van der Waals surface area contributed by atoms with Gasteiger partial charge in [-0.2, -0.15) is 0 Å². The van der Waals surface area contributed by atoms with E-state index in [4.69, 9.17) is 16.3 Å². The lowest BCUT2D eigenvalue weighted by Gasteiger charge is -2.02. The van der Waals surface area contributed by atoms with Gasteiger partial charge in [0.25, 0.3) is 0 Å². The van der Waals surface area contributed by atoms with Crippen LogP contribution in [0.15, 0.2) is 24.3 Å². The number of rotatable bonds is 7. The van der Waals surface area contributed by atoms with Crippen LogP contribution < -0.4 is 0 Å². The predicted molar refractivity (Wildman–Crippen MR) is 66.5 cm³/mol. The Hall–Kier alpha value is -1.19. The summed E-state index contributed by atoms with van der Waals surface area (Å²) < 4.78 is 5.06. The van der Waals surface area contributed by atoms with E-state index in [9.17, 15) is 9.59 Å². The van der Waals surface area contributed by atoms with E-state index < -0.39 is 0 Å². The van der Waals surface area contributed by atoms with Gasteiger partial charge in [0.15, 0.2) is 5.78 Å². The monoisotopic (exact) mass is 254 g/mol. The van der Waals surface area contributed by atoms with Crippen LogP contribution >= 0.6 is 11.6 Å². The molecule has 1 aromatic rings. The fourth-order valence-corrected chi connectivity index (χ4v) is 1.55. The fraction of sp³-hybridized carbons (Fsp3) is 0.385. The Balaban J connectivity index is 2.46. The van der Waals surface area contributed by atoms with E-state index in [1.807, 2.05) is 6.92 Å². The van der Waals surface area contributed by atoms with Gasteiger partial charge in [-0.05, 0) is 19.1 Å². The average Bonchev–Trinajstić information content (AvgIpc) is 2.29. The number of halogens is 1. The number of hydrogen-bond donors (Lipinski definition) is 0. The molecule has 1 aromatic carbocycles. The smallest absolute Gasteiger partial charge is 0.170 e. The number of ketones is 2. The van der Waals surface area contributed by atoms with Gasteiger partial charge in [-0.1, -0.05) is 23.7 Å². The van der Waals surface area contributed by atoms with E-state index in [-0.39, 0.29) is 24.4 Å². The summed E-state index contributed by atoms with van der Waals surface area (Å²) in [5, 5.41) is 0.498. The molecule has 3 nitrogen and oxygen atoms in total. The maximum atomic E-state index is 11.7. The molecule has 0 radical (unpaired) electrons. The van der Waals surface area contributed by atoms with Gasteiger partial charge in [0, 0.05) is 23.6 Å². The van der Waals surface area contributed by atoms with Gasteiger partial charge in [-0.15, -0.1) is 0 Å². The van der Waals surface area contributed by atoms with Crippen LogP contribution in [-0.4, -0.2) is 24.8 Å². The summed E-state index contributed by atoms with van der Waals surface area (Å²) in [5.74, 6) is -0.308. The molecular formula is C13H15ClO3. The van der Waals surface area contributed by atoms with Gasteiger partial charge < -0.3 is 4.74 Å². The minimum atomic E-state index is -0.200. The quantitative estimate of drug-likeness (QED) is 0.427. The van der Waals surface area contributed by atoms with Crippen molar-refractivity contribution in [3.8, 4) is 0 Å². The van der Waals surface area contributed by atoms with Crippen molar-refractivity contribution in [1.29, 1.82) is 0 Å². The Morgan fingerprint density at radius 3 is 2.76 bits per heavy atom. The first-order chi connectivity index (χ1) is 8.13. The SMILES string of the molecule is CCOCCC(=O)CC(=O)c1cccc(Cl)c1. The first-order valence-electron chi connectivity index (χ1n) is 5.51. The van der Waals surface area contributed by atoms with Gasteiger partial charge in [0.05, 0.1) is 13.0 Å². The van der Waals surface area contributed by atoms with Crippen LogP contribution in [0.4, 0.5) is 0 Å². The topological polar surface area (TPSA) is 43.4 Å². The average molecular weight is 255 g/mol. The molecule has 0 atom stereocenters. The molecule has 4 heteroatoms. The molecular weight excluding hydrogens is 240 g/mol. The summed E-state index contributed by atoms with van der Waals surface area (Å²) >= 11 is 5.77.